The lowest BCUT2D eigenvalue weighted by atomic mass is 9.92. The van der Waals surface area contributed by atoms with E-state index in [1.807, 2.05) is 32.9 Å². The summed E-state index contributed by atoms with van der Waals surface area (Å²) in [6.45, 7) is 6.14. The summed E-state index contributed by atoms with van der Waals surface area (Å²) in [6.07, 6.45) is 0.533. The minimum atomic E-state index is 0.0327. The number of hydrogen-bond donors (Lipinski definition) is 1. The molecule has 0 spiro atoms. The molecule has 0 saturated carbocycles. The number of anilines is 1. The smallest absolute Gasteiger partial charge is 0.224 e. The van der Waals surface area contributed by atoms with Crippen molar-refractivity contribution in [3.8, 4) is 0 Å². The molecule has 1 radical (unpaired) electrons. The predicted molar refractivity (Wildman–Crippen MR) is 58.0 cm³/mol. The summed E-state index contributed by atoms with van der Waals surface area (Å²) < 4.78 is 0. The fourth-order valence-electron chi connectivity index (χ4n) is 1.16. The van der Waals surface area contributed by atoms with E-state index < -0.39 is 0 Å². The van der Waals surface area contributed by atoms with Crippen LogP contribution in [0.3, 0.4) is 0 Å². The molecular weight excluding hydrogens is 174 g/mol. The number of benzene rings is 1. The van der Waals surface area contributed by atoms with Crippen molar-refractivity contribution in [3.05, 3.63) is 30.3 Å². The topological polar surface area (TPSA) is 29.1 Å². The van der Waals surface area contributed by atoms with Gasteiger partial charge in [-0.15, -0.1) is 0 Å². The maximum atomic E-state index is 11.5. The number of carbonyl (C=O) groups excluding carboxylic acids is 1. The van der Waals surface area contributed by atoms with E-state index >= 15 is 0 Å². The molecule has 0 bridgehead atoms. The molecule has 0 aliphatic carbocycles. The van der Waals surface area contributed by atoms with Crippen LogP contribution in [0, 0.1) is 11.5 Å². The first-order chi connectivity index (χ1) is 6.47. The van der Waals surface area contributed by atoms with Crippen molar-refractivity contribution in [1.29, 1.82) is 0 Å². The lowest BCUT2D eigenvalue weighted by Crippen LogP contribution is -2.19. The van der Waals surface area contributed by atoms with Gasteiger partial charge in [0.2, 0.25) is 5.91 Å². The van der Waals surface area contributed by atoms with E-state index in [4.69, 9.17) is 0 Å². The minimum Gasteiger partial charge on any atom is -0.326 e. The second-order valence-corrected chi connectivity index (χ2v) is 4.57. The van der Waals surface area contributed by atoms with E-state index in [0.29, 0.717) is 6.42 Å². The van der Waals surface area contributed by atoms with Crippen molar-refractivity contribution in [2.45, 2.75) is 27.2 Å². The normalized spacial score (nSPS) is 11.1. The maximum absolute atomic E-state index is 11.5. The van der Waals surface area contributed by atoms with E-state index in [1.54, 1.807) is 12.1 Å². The average molecular weight is 190 g/mol. The van der Waals surface area contributed by atoms with Crippen molar-refractivity contribution in [2.24, 2.45) is 5.41 Å². The van der Waals surface area contributed by atoms with Crippen LogP contribution in [0.25, 0.3) is 0 Å². The Morgan fingerprint density at radius 3 is 2.43 bits per heavy atom. The Morgan fingerprint density at radius 1 is 1.36 bits per heavy atom. The molecule has 14 heavy (non-hydrogen) atoms. The van der Waals surface area contributed by atoms with Crippen molar-refractivity contribution in [2.75, 3.05) is 5.32 Å². The fraction of sp³-hybridized carbons (Fsp3) is 0.417. The number of amides is 1. The molecule has 1 rings (SSSR count). The maximum Gasteiger partial charge on any atom is 0.224 e. The third-order valence-corrected chi connectivity index (χ3v) is 1.69. The zero-order valence-electron chi connectivity index (χ0n) is 8.92. The highest BCUT2D eigenvalue weighted by Gasteiger charge is 2.15. The van der Waals surface area contributed by atoms with E-state index in [-0.39, 0.29) is 11.3 Å². The lowest BCUT2D eigenvalue weighted by molar-refractivity contribution is -0.117. The zero-order valence-corrected chi connectivity index (χ0v) is 8.92. The molecular formula is C12H16NO. The lowest BCUT2D eigenvalue weighted by Gasteiger charge is -2.17. The first-order valence-electron chi connectivity index (χ1n) is 4.73. The molecule has 0 aromatic heterocycles. The molecule has 0 aliphatic rings. The van der Waals surface area contributed by atoms with E-state index in [2.05, 4.69) is 11.4 Å². The SMILES string of the molecule is CC(C)(C)CC(=O)Nc1cc[c]cc1. The molecule has 1 amide bonds. The molecule has 2 heteroatoms. The summed E-state index contributed by atoms with van der Waals surface area (Å²) in [7, 11) is 0. The number of rotatable bonds is 2. The van der Waals surface area contributed by atoms with Crippen LogP contribution in [0.1, 0.15) is 27.2 Å². The zero-order chi connectivity index (χ0) is 10.6. The number of nitrogens with one attached hydrogen (secondary N) is 1. The average Bonchev–Trinajstić information content (AvgIpc) is 2.02. The molecule has 1 aromatic rings. The minimum absolute atomic E-state index is 0.0327. The Hall–Kier alpha value is -1.31. The van der Waals surface area contributed by atoms with Crippen LogP contribution in [-0.2, 0) is 4.79 Å². The second-order valence-electron chi connectivity index (χ2n) is 4.57. The molecule has 0 heterocycles. The summed E-state index contributed by atoms with van der Waals surface area (Å²) in [5.41, 5.74) is 0.864. The number of carbonyl (C=O) groups is 1. The molecule has 1 aromatic carbocycles. The highest BCUT2D eigenvalue weighted by atomic mass is 16.1. The summed E-state index contributed by atoms with van der Waals surface area (Å²) in [5, 5.41) is 2.84. The second kappa shape index (κ2) is 4.27. The fourth-order valence-corrected chi connectivity index (χ4v) is 1.16. The van der Waals surface area contributed by atoms with Crippen LogP contribution < -0.4 is 5.32 Å². The molecule has 0 unspecified atom stereocenters. The highest BCUT2D eigenvalue weighted by Crippen LogP contribution is 2.19. The molecule has 0 saturated heterocycles. The Labute approximate surface area is 85.3 Å². The van der Waals surface area contributed by atoms with E-state index in [9.17, 15) is 4.79 Å². The van der Waals surface area contributed by atoms with Crippen molar-refractivity contribution in [3.63, 3.8) is 0 Å². The van der Waals surface area contributed by atoms with Gasteiger partial charge in [-0.25, -0.2) is 0 Å². The van der Waals surface area contributed by atoms with Crippen LogP contribution in [0.4, 0.5) is 5.69 Å². The van der Waals surface area contributed by atoms with Gasteiger partial charge in [0, 0.05) is 12.1 Å². The molecule has 75 valence electrons. The third-order valence-electron chi connectivity index (χ3n) is 1.69. The summed E-state index contributed by atoms with van der Waals surface area (Å²) in [5.74, 6) is 0.0590. The highest BCUT2D eigenvalue weighted by molar-refractivity contribution is 5.90. The molecule has 0 atom stereocenters. The van der Waals surface area contributed by atoms with Gasteiger partial charge < -0.3 is 5.32 Å². The molecule has 1 N–H and O–H groups in total. The van der Waals surface area contributed by atoms with Gasteiger partial charge in [0.05, 0.1) is 0 Å². The summed E-state index contributed by atoms with van der Waals surface area (Å²) in [4.78, 5) is 11.5. The van der Waals surface area contributed by atoms with Gasteiger partial charge in [0.15, 0.2) is 0 Å². The number of hydrogen-bond acceptors (Lipinski definition) is 1. The molecule has 2 nitrogen and oxygen atoms in total. The van der Waals surface area contributed by atoms with Gasteiger partial charge in [-0.2, -0.15) is 0 Å². The van der Waals surface area contributed by atoms with Gasteiger partial charge in [0.1, 0.15) is 0 Å². The third kappa shape index (κ3) is 4.08. The Bertz CT molecular complexity index is 298. The van der Waals surface area contributed by atoms with Crippen LogP contribution >= 0.6 is 0 Å². The van der Waals surface area contributed by atoms with Crippen molar-refractivity contribution in [1.82, 2.24) is 0 Å². The van der Waals surface area contributed by atoms with Crippen molar-refractivity contribution < 1.29 is 4.79 Å². The summed E-state index contributed by atoms with van der Waals surface area (Å²) >= 11 is 0. The van der Waals surface area contributed by atoms with Gasteiger partial charge in [0.25, 0.3) is 0 Å². The van der Waals surface area contributed by atoms with Crippen LogP contribution in [0.2, 0.25) is 0 Å². The first kappa shape index (κ1) is 10.8. The van der Waals surface area contributed by atoms with Crippen molar-refractivity contribution >= 4 is 11.6 Å². The predicted octanol–water partition coefficient (Wildman–Crippen LogP) is 2.86. The monoisotopic (exact) mass is 190 g/mol. The first-order valence-corrected chi connectivity index (χ1v) is 4.73. The largest absolute Gasteiger partial charge is 0.326 e. The quantitative estimate of drug-likeness (QED) is 0.763. The van der Waals surface area contributed by atoms with Crippen LogP contribution in [0.15, 0.2) is 24.3 Å². The van der Waals surface area contributed by atoms with Gasteiger partial charge in [-0.05, 0) is 23.6 Å². The van der Waals surface area contributed by atoms with Crippen LogP contribution in [0.5, 0.6) is 0 Å². The standard InChI is InChI=1S/C12H16NO/c1-12(2,3)9-11(14)13-10-7-5-4-6-8-10/h5-8H,9H2,1-3H3,(H,13,14). The molecule has 0 fully saturated rings. The van der Waals surface area contributed by atoms with Gasteiger partial charge in [-0.1, -0.05) is 32.9 Å². The van der Waals surface area contributed by atoms with Gasteiger partial charge in [-0.3, -0.25) is 4.79 Å². The summed E-state index contributed by atoms with van der Waals surface area (Å²) in [6, 6.07) is 10.1. The molecule has 0 aliphatic heterocycles. The van der Waals surface area contributed by atoms with Gasteiger partial charge >= 0.3 is 0 Å². The Morgan fingerprint density at radius 2 is 1.93 bits per heavy atom. The Kier molecular flexibility index (Phi) is 3.28. The van der Waals surface area contributed by atoms with E-state index in [0.717, 1.165) is 5.69 Å². The Balaban J connectivity index is 2.50. The van der Waals surface area contributed by atoms with Crippen LogP contribution in [-0.4, -0.2) is 5.91 Å². The van der Waals surface area contributed by atoms with E-state index in [1.165, 1.54) is 0 Å².